The molecule has 4 nitrogen and oxygen atoms in total. The van der Waals surface area contributed by atoms with Gasteiger partial charge in [0.2, 0.25) is 5.95 Å². The van der Waals surface area contributed by atoms with Crippen LogP contribution in [0.4, 0.5) is 11.8 Å². The summed E-state index contributed by atoms with van der Waals surface area (Å²) in [5.74, 6) is 1.71. The molecule has 0 radical (unpaired) electrons. The zero-order valence-corrected chi connectivity index (χ0v) is 13.2. The lowest BCUT2D eigenvalue weighted by molar-refractivity contribution is 0.378. The maximum Gasteiger partial charge on any atom is 0.226 e. The van der Waals surface area contributed by atoms with Crippen molar-refractivity contribution in [2.75, 3.05) is 17.2 Å². The molecule has 1 aliphatic carbocycles. The number of nitrogens with one attached hydrogen (secondary N) is 2. The highest BCUT2D eigenvalue weighted by Crippen LogP contribution is 2.39. The number of nitrogens with zero attached hydrogens (tertiary/aromatic N) is 2. The summed E-state index contributed by atoms with van der Waals surface area (Å²) in [5, 5.41) is 10.1. The average Bonchev–Trinajstić information content (AvgIpc) is 2.96. The largest absolute Gasteiger partial charge is 0.367 e. The third-order valence-electron chi connectivity index (χ3n) is 3.97. The Morgan fingerprint density at radius 1 is 1.40 bits per heavy atom. The van der Waals surface area contributed by atoms with Crippen molar-refractivity contribution in [3.05, 3.63) is 11.4 Å². The average molecular weight is 290 g/mol. The zero-order valence-electron chi connectivity index (χ0n) is 12.4. The molecule has 0 bridgehead atoms. The van der Waals surface area contributed by atoms with Crippen molar-refractivity contribution >= 4 is 33.3 Å². The predicted octanol–water partition coefficient (Wildman–Crippen LogP) is 4.11. The first kappa shape index (κ1) is 13.6. The summed E-state index contributed by atoms with van der Waals surface area (Å²) < 4.78 is 0. The van der Waals surface area contributed by atoms with Crippen LogP contribution in [0.25, 0.3) is 10.2 Å². The second-order valence-corrected chi connectivity index (χ2v) is 7.21. The van der Waals surface area contributed by atoms with Gasteiger partial charge in [0, 0.05) is 12.6 Å². The van der Waals surface area contributed by atoms with Crippen LogP contribution in [-0.2, 0) is 0 Å². The van der Waals surface area contributed by atoms with Gasteiger partial charge >= 0.3 is 0 Å². The maximum atomic E-state index is 4.65. The molecule has 0 saturated heterocycles. The van der Waals surface area contributed by atoms with Crippen LogP contribution in [0.1, 0.15) is 40.0 Å². The number of rotatable bonds is 4. The summed E-state index contributed by atoms with van der Waals surface area (Å²) in [7, 11) is 0. The predicted molar refractivity (Wildman–Crippen MR) is 86.6 cm³/mol. The van der Waals surface area contributed by atoms with Crippen LogP contribution in [0.3, 0.4) is 0 Å². The first-order valence-electron chi connectivity index (χ1n) is 7.33. The molecule has 2 heterocycles. The molecule has 2 aromatic rings. The van der Waals surface area contributed by atoms with E-state index in [4.69, 9.17) is 0 Å². The van der Waals surface area contributed by atoms with Crippen LogP contribution < -0.4 is 10.6 Å². The Balaban J connectivity index is 1.88. The van der Waals surface area contributed by atoms with Crippen molar-refractivity contribution < 1.29 is 0 Å². The number of hydrogen-bond donors (Lipinski definition) is 2. The van der Waals surface area contributed by atoms with E-state index < -0.39 is 0 Å². The Morgan fingerprint density at radius 3 is 2.95 bits per heavy atom. The van der Waals surface area contributed by atoms with Crippen LogP contribution >= 0.6 is 11.3 Å². The van der Waals surface area contributed by atoms with Crippen molar-refractivity contribution in [3.63, 3.8) is 0 Å². The van der Waals surface area contributed by atoms with Gasteiger partial charge in [-0.05, 0) is 43.0 Å². The fraction of sp³-hybridized carbons (Fsp3) is 0.600. The van der Waals surface area contributed by atoms with Gasteiger partial charge in [0.25, 0.3) is 0 Å². The van der Waals surface area contributed by atoms with E-state index in [1.807, 2.05) is 0 Å². The van der Waals surface area contributed by atoms with Crippen LogP contribution in [-0.4, -0.2) is 22.6 Å². The summed E-state index contributed by atoms with van der Waals surface area (Å²) >= 11 is 1.67. The van der Waals surface area contributed by atoms with E-state index in [0.717, 1.165) is 28.5 Å². The third-order valence-corrected chi connectivity index (χ3v) is 4.78. The molecular weight excluding hydrogens is 268 g/mol. The first-order chi connectivity index (χ1) is 9.57. The number of aromatic nitrogens is 2. The molecule has 108 valence electrons. The van der Waals surface area contributed by atoms with Gasteiger partial charge in [-0.2, -0.15) is 4.98 Å². The molecule has 0 aromatic carbocycles. The van der Waals surface area contributed by atoms with Crippen molar-refractivity contribution in [2.45, 2.75) is 46.1 Å². The minimum Gasteiger partial charge on any atom is -0.367 e. The number of anilines is 2. The molecule has 1 aliphatic rings. The molecule has 2 N–H and O–H groups in total. The lowest BCUT2D eigenvalue weighted by Crippen LogP contribution is -2.19. The van der Waals surface area contributed by atoms with Gasteiger partial charge in [-0.1, -0.05) is 13.8 Å². The van der Waals surface area contributed by atoms with Crippen LogP contribution in [0.2, 0.25) is 0 Å². The standard InChI is InChI=1S/C15H22N4S/c1-4-16-14-18-12(11-6-8-20-13(11)19-14)17-10-5-7-15(2,3)9-10/h6,8,10H,4-5,7,9H2,1-3H3,(H2,16,17,18,19). The lowest BCUT2D eigenvalue weighted by atomic mass is 9.92. The number of fused-ring (bicyclic) bond motifs is 1. The Kier molecular flexibility index (Phi) is 3.54. The van der Waals surface area contributed by atoms with E-state index in [1.165, 1.54) is 19.3 Å². The van der Waals surface area contributed by atoms with E-state index in [1.54, 1.807) is 11.3 Å². The first-order valence-corrected chi connectivity index (χ1v) is 8.21. The Hall–Kier alpha value is -1.36. The van der Waals surface area contributed by atoms with Crippen molar-refractivity contribution in [3.8, 4) is 0 Å². The van der Waals surface area contributed by atoms with Gasteiger partial charge < -0.3 is 10.6 Å². The van der Waals surface area contributed by atoms with E-state index in [9.17, 15) is 0 Å². The Labute approximate surface area is 124 Å². The third kappa shape index (κ3) is 2.73. The van der Waals surface area contributed by atoms with E-state index in [-0.39, 0.29) is 0 Å². The highest BCUT2D eigenvalue weighted by Gasteiger charge is 2.31. The molecule has 3 rings (SSSR count). The molecule has 0 amide bonds. The monoisotopic (exact) mass is 290 g/mol. The van der Waals surface area contributed by atoms with Crippen molar-refractivity contribution in [1.29, 1.82) is 0 Å². The van der Waals surface area contributed by atoms with Crippen molar-refractivity contribution in [2.24, 2.45) is 5.41 Å². The van der Waals surface area contributed by atoms with Gasteiger partial charge in [-0.3, -0.25) is 0 Å². The molecule has 5 heteroatoms. The normalized spacial score (nSPS) is 21.2. The molecule has 1 saturated carbocycles. The Morgan fingerprint density at radius 2 is 2.25 bits per heavy atom. The fourth-order valence-electron chi connectivity index (χ4n) is 2.96. The smallest absolute Gasteiger partial charge is 0.226 e. The van der Waals surface area contributed by atoms with Gasteiger partial charge in [0.1, 0.15) is 10.6 Å². The second kappa shape index (κ2) is 5.20. The highest BCUT2D eigenvalue weighted by atomic mass is 32.1. The van der Waals surface area contributed by atoms with Gasteiger partial charge in [-0.25, -0.2) is 4.98 Å². The minimum atomic E-state index is 0.447. The van der Waals surface area contributed by atoms with Crippen molar-refractivity contribution in [1.82, 2.24) is 9.97 Å². The quantitative estimate of drug-likeness (QED) is 0.889. The van der Waals surface area contributed by atoms with Crippen LogP contribution in [0.5, 0.6) is 0 Å². The molecule has 1 fully saturated rings. The van der Waals surface area contributed by atoms with Gasteiger partial charge in [0.05, 0.1) is 5.39 Å². The summed E-state index contributed by atoms with van der Waals surface area (Å²) in [6.45, 7) is 7.60. The van der Waals surface area contributed by atoms with Gasteiger partial charge in [0.15, 0.2) is 0 Å². The molecule has 1 unspecified atom stereocenters. The Bertz CT molecular complexity index is 605. The fourth-order valence-corrected chi connectivity index (χ4v) is 3.72. The van der Waals surface area contributed by atoms with Crippen LogP contribution in [0.15, 0.2) is 11.4 Å². The highest BCUT2D eigenvalue weighted by molar-refractivity contribution is 7.16. The maximum absolute atomic E-state index is 4.65. The van der Waals surface area contributed by atoms with E-state index in [2.05, 4.69) is 52.8 Å². The SMILES string of the molecule is CCNc1nc(NC2CCC(C)(C)C2)c2ccsc2n1. The summed E-state index contributed by atoms with van der Waals surface area (Å²) in [4.78, 5) is 10.2. The molecule has 2 aromatic heterocycles. The van der Waals surface area contributed by atoms with E-state index >= 15 is 0 Å². The lowest BCUT2D eigenvalue weighted by Gasteiger charge is -2.18. The number of hydrogen-bond acceptors (Lipinski definition) is 5. The zero-order chi connectivity index (χ0) is 14.2. The summed E-state index contributed by atoms with van der Waals surface area (Å²) in [6, 6.07) is 2.63. The van der Waals surface area contributed by atoms with Crippen LogP contribution in [0, 0.1) is 5.41 Å². The summed E-state index contributed by atoms with van der Waals surface area (Å²) in [5.41, 5.74) is 0.447. The molecule has 0 spiro atoms. The van der Waals surface area contributed by atoms with Gasteiger partial charge in [-0.15, -0.1) is 11.3 Å². The topological polar surface area (TPSA) is 49.8 Å². The summed E-state index contributed by atoms with van der Waals surface area (Å²) in [6.07, 6.45) is 3.71. The van der Waals surface area contributed by atoms with E-state index in [0.29, 0.717) is 11.5 Å². The molecular formula is C15H22N4S. The molecule has 20 heavy (non-hydrogen) atoms. The molecule has 1 atom stereocenters. The molecule has 0 aliphatic heterocycles. The second-order valence-electron chi connectivity index (χ2n) is 6.31. The minimum absolute atomic E-state index is 0.447. The number of thiophene rings is 1.